The van der Waals surface area contributed by atoms with Gasteiger partial charge in [-0.2, -0.15) is 0 Å². The van der Waals surface area contributed by atoms with Crippen molar-refractivity contribution in [3.05, 3.63) is 41.2 Å². The van der Waals surface area contributed by atoms with Gasteiger partial charge in [0.2, 0.25) is 0 Å². The van der Waals surface area contributed by atoms with E-state index in [0.717, 1.165) is 5.56 Å². The molecule has 2 aromatic heterocycles. The molecular formula is C15H14ClN5O2S. The van der Waals surface area contributed by atoms with Crippen LogP contribution in [0.1, 0.15) is 12.5 Å². The lowest BCUT2D eigenvalue weighted by molar-refractivity contribution is -0.139. The van der Waals surface area contributed by atoms with Crippen molar-refractivity contribution in [1.29, 1.82) is 0 Å². The average Bonchev–Trinajstić information content (AvgIpc) is 2.99. The molecule has 9 heteroatoms. The summed E-state index contributed by atoms with van der Waals surface area (Å²) < 4.78 is 6.60. The summed E-state index contributed by atoms with van der Waals surface area (Å²) in [7, 11) is 0. The molecule has 24 heavy (non-hydrogen) atoms. The van der Waals surface area contributed by atoms with Crippen molar-refractivity contribution < 1.29 is 9.53 Å². The second-order valence-electron chi connectivity index (χ2n) is 4.82. The minimum atomic E-state index is -0.289. The Hall–Kier alpha value is -2.19. The summed E-state index contributed by atoms with van der Waals surface area (Å²) in [6, 6.07) is 7.50. The van der Waals surface area contributed by atoms with Crippen molar-refractivity contribution in [2.75, 3.05) is 12.4 Å². The van der Waals surface area contributed by atoms with E-state index in [-0.39, 0.29) is 11.7 Å². The maximum absolute atomic E-state index is 11.5. The molecule has 0 fully saturated rings. The van der Waals surface area contributed by atoms with Gasteiger partial charge in [-0.3, -0.25) is 4.79 Å². The molecule has 0 aliphatic carbocycles. The predicted molar refractivity (Wildman–Crippen MR) is 91.0 cm³/mol. The van der Waals surface area contributed by atoms with E-state index >= 15 is 0 Å². The first-order chi connectivity index (χ1) is 11.7. The lowest BCUT2D eigenvalue weighted by atomic mass is 10.2. The molecule has 0 aliphatic heterocycles. The molecule has 124 valence electrons. The topological polar surface area (TPSA) is 82.8 Å². The van der Waals surface area contributed by atoms with E-state index < -0.39 is 0 Å². The molecule has 0 radical (unpaired) electrons. The Balaban J connectivity index is 1.80. The molecule has 0 bridgehead atoms. The van der Waals surface area contributed by atoms with Crippen molar-refractivity contribution in [3.63, 3.8) is 0 Å². The van der Waals surface area contributed by atoms with Crippen LogP contribution in [0.4, 0.5) is 0 Å². The Labute approximate surface area is 147 Å². The number of carbonyl (C=O) groups is 1. The van der Waals surface area contributed by atoms with Gasteiger partial charge in [0.05, 0.1) is 18.9 Å². The lowest BCUT2D eigenvalue weighted by Gasteiger charge is -2.03. The SMILES string of the molecule is CCOC(=O)CSc1ncnc2c1nnn2Cc1ccc(Cl)cc1. The Morgan fingerprint density at radius 3 is 2.83 bits per heavy atom. The smallest absolute Gasteiger partial charge is 0.316 e. The number of rotatable bonds is 6. The number of hydrogen-bond donors (Lipinski definition) is 0. The lowest BCUT2D eigenvalue weighted by Crippen LogP contribution is -2.07. The van der Waals surface area contributed by atoms with Crippen molar-refractivity contribution >= 4 is 40.5 Å². The number of benzene rings is 1. The highest BCUT2D eigenvalue weighted by Crippen LogP contribution is 2.23. The van der Waals surface area contributed by atoms with E-state index in [4.69, 9.17) is 16.3 Å². The Morgan fingerprint density at radius 1 is 1.29 bits per heavy atom. The molecule has 7 nitrogen and oxygen atoms in total. The monoisotopic (exact) mass is 363 g/mol. The third kappa shape index (κ3) is 3.82. The van der Waals surface area contributed by atoms with Crippen LogP contribution in [0.3, 0.4) is 0 Å². The van der Waals surface area contributed by atoms with Gasteiger partial charge in [0.25, 0.3) is 0 Å². The van der Waals surface area contributed by atoms with Crippen LogP contribution in [-0.4, -0.2) is 43.3 Å². The molecule has 3 aromatic rings. The highest BCUT2D eigenvalue weighted by Gasteiger charge is 2.14. The predicted octanol–water partition coefficient (Wildman–Crippen LogP) is 2.58. The molecule has 0 atom stereocenters. The van der Waals surface area contributed by atoms with Crippen molar-refractivity contribution in [2.24, 2.45) is 0 Å². The average molecular weight is 364 g/mol. The van der Waals surface area contributed by atoms with Gasteiger partial charge in [0.15, 0.2) is 11.2 Å². The van der Waals surface area contributed by atoms with E-state index in [2.05, 4.69) is 20.3 Å². The van der Waals surface area contributed by atoms with Gasteiger partial charge in [-0.05, 0) is 24.6 Å². The van der Waals surface area contributed by atoms with E-state index in [9.17, 15) is 4.79 Å². The third-order valence-corrected chi connectivity index (χ3v) is 4.35. The minimum absolute atomic E-state index is 0.171. The number of nitrogens with zero attached hydrogens (tertiary/aromatic N) is 5. The van der Waals surface area contributed by atoms with Gasteiger partial charge < -0.3 is 4.74 Å². The molecule has 0 amide bonds. The van der Waals surface area contributed by atoms with Gasteiger partial charge >= 0.3 is 5.97 Å². The van der Waals surface area contributed by atoms with Crippen molar-refractivity contribution in [3.8, 4) is 0 Å². The summed E-state index contributed by atoms with van der Waals surface area (Å²) in [6.45, 7) is 2.65. The van der Waals surface area contributed by atoms with Crippen LogP contribution in [0.15, 0.2) is 35.6 Å². The molecule has 1 aromatic carbocycles. The van der Waals surface area contributed by atoms with Crippen LogP contribution in [0.2, 0.25) is 5.02 Å². The fraction of sp³-hybridized carbons (Fsp3) is 0.267. The zero-order valence-corrected chi connectivity index (χ0v) is 14.4. The summed E-state index contributed by atoms with van der Waals surface area (Å²) in [5.74, 6) is -0.118. The Kier molecular flexibility index (Phi) is 5.27. The second kappa shape index (κ2) is 7.59. The molecule has 0 saturated heterocycles. The zero-order valence-electron chi connectivity index (χ0n) is 12.8. The Bertz CT molecular complexity index is 853. The molecule has 0 unspecified atom stereocenters. The maximum Gasteiger partial charge on any atom is 0.316 e. The van der Waals surface area contributed by atoms with Gasteiger partial charge in [0, 0.05) is 5.02 Å². The fourth-order valence-electron chi connectivity index (χ4n) is 2.08. The first-order valence-corrected chi connectivity index (χ1v) is 8.60. The van der Waals surface area contributed by atoms with Gasteiger partial charge in [-0.1, -0.05) is 40.7 Å². The largest absolute Gasteiger partial charge is 0.465 e. The highest BCUT2D eigenvalue weighted by atomic mass is 35.5. The summed E-state index contributed by atoms with van der Waals surface area (Å²) in [6.07, 6.45) is 1.44. The van der Waals surface area contributed by atoms with Gasteiger partial charge in [-0.25, -0.2) is 14.6 Å². The van der Waals surface area contributed by atoms with E-state index in [1.54, 1.807) is 11.6 Å². The molecule has 0 saturated carbocycles. The normalized spacial score (nSPS) is 10.9. The van der Waals surface area contributed by atoms with Crippen LogP contribution in [-0.2, 0) is 16.1 Å². The molecule has 0 aliphatic rings. The highest BCUT2D eigenvalue weighted by molar-refractivity contribution is 8.00. The number of carbonyl (C=O) groups excluding carboxylic acids is 1. The van der Waals surface area contributed by atoms with Crippen LogP contribution in [0, 0.1) is 0 Å². The standard InChI is InChI=1S/C15H14ClN5O2S/c1-2-23-12(22)8-24-15-13-14(17-9-18-15)21(20-19-13)7-10-3-5-11(16)6-4-10/h3-6,9H,2,7-8H2,1H3. The quantitative estimate of drug-likeness (QED) is 0.378. The zero-order chi connectivity index (χ0) is 16.9. The molecule has 2 heterocycles. The van der Waals surface area contributed by atoms with E-state index in [1.807, 2.05) is 24.3 Å². The molecular weight excluding hydrogens is 350 g/mol. The molecule has 0 N–H and O–H groups in total. The summed E-state index contributed by atoms with van der Waals surface area (Å²) in [4.78, 5) is 19.9. The number of thioether (sulfide) groups is 1. The number of aromatic nitrogens is 5. The van der Waals surface area contributed by atoms with Crippen LogP contribution in [0.5, 0.6) is 0 Å². The van der Waals surface area contributed by atoms with Crippen LogP contribution < -0.4 is 0 Å². The van der Waals surface area contributed by atoms with Crippen LogP contribution in [0.25, 0.3) is 11.2 Å². The number of hydrogen-bond acceptors (Lipinski definition) is 7. The summed E-state index contributed by atoms with van der Waals surface area (Å²) in [5, 5.41) is 9.57. The first-order valence-electron chi connectivity index (χ1n) is 7.24. The molecule has 0 spiro atoms. The minimum Gasteiger partial charge on any atom is -0.465 e. The first kappa shape index (κ1) is 16.7. The number of fused-ring (bicyclic) bond motifs is 1. The van der Waals surface area contributed by atoms with Gasteiger partial charge in [-0.15, -0.1) is 5.10 Å². The second-order valence-corrected chi connectivity index (χ2v) is 6.22. The van der Waals surface area contributed by atoms with Gasteiger partial charge in [0.1, 0.15) is 11.4 Å². The Morgan fingerprint density at radius 2 is 2.08 bits per heavy atom. The van der Waals surface area contributed by atoms with Crippen molar-refractivity contribution in [1.82, 2.24) is 25.0 Å². The summed E-state index contributed by atoms with van der Waals surface area (Å²) >= 11 is 7.16. The summed E-state index contributed by atoms with van der Waals surface area (Å²) in [5.41, 5.74) is 2.22. The number of halogens is 1. The van der Waals surface area contributed by atoms with Crippen LogP contribution >= 0.6 is 23.4 Å². The van der Waals surface area contributed by atoms with E-state index in [0.29, 0.717) is 34.4 Å². The van der Waals surface area contributed by atoms with E-state index in [1.165, 1.54) is 18.1 Å². The maximum atomic E-state index is 11.5. The molecule has 3 rings (SSSR count). The number of esters is 1. The van der Waals surface area contributed by atoms with Crippen molar-refractivity contribution in [2.45, 2.75) is 18.5 Å². The number of ether oxygens (including phenoxy) is 1. The third-order valence-electron chi connectivity index (χ3n) is 3.14. The fourth-order valence-corrected chi connectivity index (χ4v) is 2.93.